The molecular formula is C12H8O6. The maximum atomic E-state index is 9.78. The molecule has 0 atom stereocenters. The maximum absolute atomic E-state index is 9.78. The van der Waals surface area contributed by atoms with Crippen molar-refractivity contribution in [2.45, 2.75) is 0 Å². The lowest BCUT2D eigenvalue weighted by Gasteiger charge is -2.03. The summed E-state index contributed by atoms with van der Waals surface area (Å²) >= 11 is 0. The van der Waals surface area contributed by atoms with Gasteiger partial charge >= 0.3 is 0 Å². The zero-order chi connectivity index (χ0) is 13.0. The molecule has 0 unspecified atom stereocenters. The Morgan fingerprint density at radius 1 is 0.722 bits per heavy atom. The number of para-hydroxylation sites is 1. The van der Waals surface area contributed by atoms with Gasteiger partial charge in [0.25, 0.3) is 0 Å². The Labute approximate surface area is 99.6 Å². The lowest BCUT2D eigenvalue weighted by Crippen LogP contribution is -1.76. The molecule has 0 bridgehead atoms. The molecular weight excluding hydrogens is 240 g/mol. The smallest absolute Gasteiger partial charge is 0.208 e. The number of furan rings is 1. The van der Waals surface area contributed by atoms with E-state index in [4.69, 9.17) is 4.42 Å². The van der Waals surface area contributed by atoms with Gasteiger partial charge in [0.2, 0.25) is 17.2 Å². The third-order valence-electron chi connectivity index (χ3n) is 2.82. The molecule has 0 aliphatic rings. The van der Waals surface area contributed by atoms with Gasteiger partial charge in [-0.25, -0.2) is 0 Å². The second-order valence-electron chi connectivity index (χ2n) is 3.85. The van der Waals surface area contributed by atoms with Crippen molar-refractivity contribution in [3.05, 3.63) is 18.2 Å². The third kappa shape index (κ3) is 1.06. The molecule has 0 aliphatic carbocycles. The summed E-state index contributed by atoms with van der Waals surface area (Å²) in [6.45, 7) is 0. The summed E-state index contributed by atoms with van der Waals surface area (Å²) in [5.74, 6) is -3.22. The zero-order valence-corrected chi connectivity index (χ0v) is 8.88. The van der Waals surface area contributed by atoms with E-state index >= 15 is 0 Å². The minimum atomic E-state index is -0.876. The van der Waals surface area contributed by atoms with Crippen molar-refractivity contribution >= 4 is 21.9 Å². The van der Waals surface area contributed by atoms with E-state index in [0.29, 0.717) is 5.39 Å². The van der Waals surface area contributed by atoms with Gasteiger partial charge in [0, 0.05) is 5.39 Å². The Bertz CT molecular complexity index is 786. The molecule has 1 heterocycles. The van der Waals surface area contributed by atoms with Crippen molar-refractivity contribution < 1.29 is 29.9 Å². The lowest BCUT2D eigenvalue weighted by molar-refractivity contribution is 0.348. The average molecular weight is 248 g/mol. The molecule has 18 heavy (non-hydrogen) atoms. The first-order valence-corrected chi connectivity index (χ1v) is 5.02. The van der Waals surface area contributed by atoms with Crippen LogP contribution < -0.4 is 0 Å². The fourth-order valence-corrected chi connectivity index (χ4v) is 1.96. The molecule has 6 heteroatoms. The average Bonchev–Trinajstić information content (AvgIpc) is 2.75. The highest BCUT2D eigenvalue weighted by molar-refractivity contribution is 6.13. The van der Waals surface area contributed by atoms with E-state index in [1.165, 1.54) is 18.2 Å². The summed E-state index contributed by atoms with van der Waals surface area (Å²) in [6.07, 6.45) is 0. The summed E-state index contributed by atoms with van der Waals surface area (Å²) in [5.41, 5.74) is -0.164. The number of benzene rings is 2. The maximum Gasteiger partial charge on any atom is 0.208 e. The molecule has 0 amide bonds. The number of fused-ring (bicyclic) bond motifs is 3. The quantitative estimate of drug-likeness (QED) is 0.307. The van der Waals surface area contributed by atoms with E-state index in [-0.39, 0.29) is 22.3 Å². The van der Waals surface area contributed by atoms with E-state index in [1.807, 2.05) is 0 Å². The Kier molecular flexibility index (Phi) is 1.81. The van der Waals surface area contributed by atoms with Crippen LogP contribution in [0.4, 0.5) is 0 Å². The molecule has 3 rings (SSSR count). The minimum absolute atomic E-state index is 0.0219. The molecule has 92 valence electrons. The monoisotopic (exact) mass is 248 g/mol. The summed E-state index contributed by atoms with van der Waals surface area (Å²) in [7, 11) is 0. The molecule has 2 aromatic carbocycles. The van der Waals surface area contributed by atoms with Crippen LogP contribution in [0, 0.1) is 0 Å². The van der Waals surface area contributed by atoms with Crippen LogP contribution in [-0.2, 0) is 0 Å². The van der Waals surface area contributed by atoms with Crippen molar-refractivity contribution in [2.24, 2.45) is 0 Å². The van der Waals surface area contributed by atoms with E-state index in [1.54, 1.807) is 0 Å². The Morgan fingerprint density at radius 3 is 2.11 bits per heavy atom. The topological polar surface area (TPSA) is 114 Å². The predicted molar refractivity (Wildman–Crippen MR) is 62.0 cm³/mol. The van der Waals surface area contributed by atoms with Gasteiger partial charge in [0.15, 0.2) is 22.7 Å². The summed E-state index contributed by atoms with van der Waals surface area (Å²) in [4.78, 5) is 0. The van der Waals surface area contributed by atoms with Gasteiger partial charge in [0.1, 0.15) is 0 Å². The Hall–Kier alpha value is -2.76. The number of phenolic OH excluding ortho intramolecular Hbond substituents is 5. The van der Waals surface area contributed by atoms with Crippen LogP contribution in [0.15, 0.2) is 22.6 Å². The van der Waals surface area contributed by atoms with E-state index in [2.05, 4.69) is 0 Å². The van der Waals surface area contributed by atoms with E-state index in [9.17, 15) is 25.5 Å². The largest absolute Gasteiger partial charge is 0.504 e. The van der Waals surface area contributed by atoms with Crippen LogP contribution in [0.3, 0.4) is 0 Å². The van der Waals surface area contributed by atoms with Crippen molar-refractivity contribution in [3.63, 3.8) is 0 Å². The number of hydrogen-bond donors (Lipinski definition) is 5. The van der Waals surface area contributed by atoms with Gasteiger partial charge in [-0.1, -0.05) is 12.1 Å². The molecule has 1 aromatic heterocycles. The highest BCUT2D eigenvalue weighted by atomic mass is 16.4. The summed E-state index contributed by atoms with van der Waals surface area (Å²) in [5, 5.41) is 48.2. The van der Waals surface area contributed by atoms with Gasteiger partial charge in [-0.15, -0.1) is 0 Å². The fourth-order valence-electron chi connectivity index (χ4n) is 1.96. The molecule has 0 saturated carbocycles. The highest BCUT2D eigenvalue weighted by Gasteiger charge is 2.24. The van der Waals surface area contributed by atoms with Crippen LogP contribution in [-0.4, -0.2) is 25.5 Å². The molecule has 0 aliphatic heterocycles. The summed E-state index contributed by atoms with van der Waals surface area (Å²) < 4.78 is 5.20. The van der Waals surface area contributed by atoms with E-state index in [0.717, 1.165) is 0 Å². The zero-order valence-electron chi connectivity index (χ0n) is 8.88. The first kappa shape index (κ1) is 10.4. The first-order valence-electron chi connectivity index (χ1n) is 5.02. The molecule has 0 fully saturated rings. The number of aromatic hydroxyl groups is 5. The molecule has 0 spiro atoms. The molecule has 0 radical (unpaired) electrons. The van der Waals surface area contributed by atoms with Gasteiger partial charge in [0.05, 0.1) is 5.39 Å². The SMILES string of the molecule is Oc1c(O)c(O)c2c(oc3c(O)cccc32)c1O. The molecule has 3 aromatic rings. The third-order valence-corrected chi connectivity index (χ3v) is 2.82. The van der Waals surface area contributed by atoms with Crippen LogP contribution in [0.25, 0.3) is 21.9 Å². The molecule has 0 saturated heterocycles. The fraction of sp³-hybridized carbons (Fsp3) is 0. The minimum Gasteiger partial charge on any atom is -0.504 e. The van der Waals surface area contributed by atoms with Crippen LogP contribution in [0.1, 0.15) is 0 Å². The predicted octanol–water partition coefficient (Wildman–Crippen LogP) is 2.11. The van der Waals surface area contributed by atoms with Crippen LogP contribution in [0.2, 0.25) is 0 Å². The van der Waals surface area contributed by atoms with Crippen molar-refractivity contribution in [3.8, 4) is 28.7 Å². The van der Waals surface area contributed by atoms with E-state index < -0.39 is 23.0 Å². The first-order chi connectivity index (χ1) is 8.52. The lowest BCUT2D eigenvalue weighted by atomic mass is 10.1. The number of hydrogen-bond acceptors (Lipinski definition) is 6. The molecule has 5 N–H and O–H groups in total. The number of rotatable bonds is 0. The Balaban J connectivity index is 2.67. The van der Waals surface area contributed by atoms with Crippen LogP contribution >= 0.6 is 0 Å². The Morgan fingerprint density at radius 2 is 1.39 bits per heavy atom. The second kappa shape index (κ2) is 3.13. The standard InChI is InChI=1S/C12H8O6/c13-5-3-1-2-4-6-7(14)8(15)9(16)10(17)12(6)18-11(4)5/h1-3,13-17H. The van der Waals surface area contributed by atoms with Gasteiger partial charge in [-0.2, -0.15) is 0 Å². The van der Waals surface area contributed by atoms with Crippen molar-refractivity contribution in [1.29, 1.82) is 0 Å². The molecule has 6 nitrogen and oxygen atoms in total. The van der Waals surface area contributed by atoms with Gasteiger partial charge in [-0.3, -0.25) is 0 Å². The van der Waals surface area contributed by atoms with Gasteiger partial charge < -0.3 is 29.9 Å². The van der Waals surface area contributed by atoms with Gasteiger partial charge in [-0.05, 0) is 6.07 Å². The normalized spacial score (nSPS) is 11.3. The summed E-state index contributed by atoms with van der Waals surface area (Å²) in [6, 6.07) is 4.43. The van der Waals surface area contributed by atoms with Crippen molar-refractivity contribution in [1.82, 2.24) is 0 Å². The van der Waals surface area contributed by atoms with Crippen LogP contribution in [0.5, 0.6) is 28.7 Å². The van der Waals surface area contributed by atoms with Crippen molar-refractivity contribution in [2.75, 3.05) is 0 Å². The number of phenols is 5. The second-order valence-corrected chi connectivity index (χ2v) is 3.85. The highest BCUT2D eigenvalue weighted by Crippen LogP contribution is 2.52.